The van der Waals surface area contributed by atoms with E-state index in [1.165, 1.54) is 20.8 Å². The molecule has 1 rings (SSSR count). The second-order valence-corrected chi connectivity index (χ2v) is 7.68. The zero-order valence-electron chi connectivity index (χ0n) is 19.4. The molecule has 0 aromatic heterocycles. The Balaban J connectivity index is 2.74. The molecule has 5 amide bonds. The van der Waals surface area contributed by atoms with Gasteiger partial charge in [0.15, 0.2) is 0 Å². The minimum absolute atomic E-state index is 0.139. The first-order valence-electron chi connectivity index (χ1n) is 10.7. The molecule has 186 valence electrons. The summed E-state index contributed by atoms with van der Waals surface area (Å²) in [4.78, 5) is 71.4. The predicted octanol–water partition coefficient (Wildman–Crippen LogP) is -2.50. The predicted molar refractivity (Wildman–Crippen MR) is 123 cm³/mol. The summed E-state index contributed by atoms with van der Waals surface area (Å²) in [6.07, 6.45) is 0.691. The van der Waals surface area contributed by atoms with Crippen LogP contribution in [0.3, 0.4) is 0 Å². The highest BCUT2D eigenvalue weighted by Gasteiger charge is 2.25. The van der Waals surface area contributed by atoms with Crippen molar-refractivity contribution in [1.82, 2.24) is 26.6 Å². The van der Waals surface area contributed by atoms with Crippen molar-refractivity contribution in [3.8, 4) is 0 Å². The van der Waals surface area contributed by atoms with E-state index in [1.807, 2.05) is 0 Å². The van der Waals surface area contributed by atoms with Gasteiger partial charge in [0.2, 0.25) is 29.5 Å². The van der Waals surface area contributed by atoms with Crippen molar-refractivity contribution in [2.75, 3.05) is 13.1 Å². The summed E-state index contributed by atoms with van der Waals surface area (Å²) < 4.78 is 0. The highest BCUT2D eigenvalue weighted by Crippen LogP contribution is 2.04. The number of hydrogen-bond acceptors (Lipinski definition) is 7. The Bertz CT molecular complexity index is 878. The van der Waals surface area contributed by atoms with Gasteiger partial charge in [-0.1, -0.05) is 30.3 Å². The maximum atomic E-state index is 12.8. The second kappa shape index (κ2) is 14.4. The summed E-state index contributed by atoms with van der Waals surface area (Å²) in [5.41, 5.74) is 6.00. The summed E-state index contributed by atoms with van der Waals surface area (Å²) >= 11 is 0. The van der Waals surface area contributed by atoms with Crippen LogP contribution in [0.5, 0.6) is 0 Å². The molecule has 0 unspecified atom stereocenters. The summed E-state index contributed by atoms with van der Waals surface area (Å²) in [5, 5.41) is 12.2. The van der Waals surface area contributed by atoms with Gasteiger partial charge < -0.3 is 37.1 Å². The molecule has 0 saturated heterocycles. The molecular weight excluding hydrogens is 444 g/mol. The van der Waals surface area contributed by atoms with Gasteiger partial charge in [-0.3, -0.25) is 24.0 Å². The van der Waals surface area contributed by atoms with E-state index in [-0.39, 0.29) is 13.0 Å². The van der Waals surface area contributed by atoms with E-state index < -0.39 is 60.2 Å². The molecule has 4 atom stereocenters. The SMILES string of the molecule is C[C@H](NC(=O)CN)C(=O)N[C@@H](Cc1ccccc1)C(=O)NCC(=O)N[C@@H](C)C(=O)N[C@@H](C)C=O. The van der Waals surface area contributed by atoms with E-state index in [4.69, 9.17) is 5.73 Å². The number of amides is 5. The van der Waals surface area contributed by atoms with Crippen molar-refractivity contribution in [2.45, 2.75) is 51.4 Å². The number of carbonyl (C=O) groups excluding carboxylic acids is 6. The van der Waals surface area contributed by atoms with Crippen LogP contribution in [0.4, 0.5) is 0 Å². The Hall–Kier alpha value is -3.80. The average molecular weight is 477 g/mol. The van der Waals surface area contributed by atoms with Gasteiger partial charge in [0.25, 0.3) is 0 Å². The quantitative estimate of drug-likeness (QED) is 0.170. The number of rotatable bonds is 13. The standard InChI is InChI=1S/C22H32N6O6/c1-13(12-29)25-20(32)14(2)27-19(31)11-24-22(34)17(9-16-7-5-4-6-8-16)28-21(33)15(3)26-18(30)10-23/h4-8,12-15,17H,9-11,23H2,1-3H3,(H,24,34)(H,25,32)(H,26,30)(H,27,31)(H,28,33)/t13-,14-,15-,17-/m0/s1. The normalized spacial score (nSPS) is 13.9. The molecule has 7 N–H and O–H groups in total. The Kier molecular flexibility index (Phi) is 11.9. The van der Waals surface area contributed by atoms with Gasteiger partial charge in [-0.15, -0.1) is 0 Å². The third-order valence-electron chi connectivity index (χ3n) is 4.64. The molecule has 0 aliphatic rings. The van der Waals surface area contributed by atoms with Crippen LogP contribution in [0.15, 0.2) is 30.3 Å². The Labute approximate surface area is 197 Å². The molecule has 0 aliphatic heterocycles. The third kappa shape index (κ3) is 10.2. The van der Waals surface area contributed by atoms with Gasteiger partial charge in [0, 0.05) is 6.42 Å². The molecule has 0 aliphatic carbocycles. The first-order valence-corrected chi connectivity index (χ1v) is 10.7. The van der Waals surface area contributed by atoms with Crippen LogP contribution in [0.25, 0.3) is 0 Å². The lowest BCUT2D eigenvalue weighted by molar-refractivity contribution is -0.132. The topological polar surface area (TPSA) is 189 Å². The lowest BCUT2D eigenvalue weighted by atomic mass is 10.0. The fourth-order valence-corrected chi connectivity index (χ4v) is 2.75. The molecule has 12 nitrogen and oxygen atoms in total. The molecule has 1 aromatic rings. The van der Waals surface area contributed by atoms with Crippen molar-refractivity contribution in [3.05, 3.63) is 35.9 Å². The van der Waals surface area contributed by atoms with E-state index in [2.05, 4.69) is 26.6 Å². The van der Waals surface area contributed by atoms with E-state index in [0.717, 1.165) is 5.56 Å². The van der Waals surface area contributed by atoms with Gasteiger partial charge >= 0.3 is 0 Å². The van der Waals surface area contributed by atoms with E-state index in [0.29, 0.717) is 6.29 Å². The molecular formula is C22H32N6O6. The van der Waals surface area contributed by atoms with Crippen LogP contribution in [-0.4, -0.2) is 73.1 Å². The molecule has 12 heteroatoms. The summed E-state index contributed by atoms with van der Waals surface area (Å²) in [6, 6.07) is 5.32. The molecule has 0 saturated carbocycles. The van der Waals surface area contributed by atoms with Gasteiger partial charge in [-0.2, -0.15) is 0 Å². The van der Waals surface area contributed by atoms with Crippen LogP contribution in [0, 0.1) is 0 Å². The second-order valence-electron chi connectivity index (χ2n) is 7.68. The average Bonchev–Trinajstić information content (AvgIpc) is 2.82. The Morgan fingerprint density at radius 3 is 1.94 bits per heavy atom. The van der Waals surface area contributed by atoms with Crippen LogP contribution in [0.1, 0.15) is 26.3 Å². The largest absolute Gasteiger partial charge is 0.345 e. The number of aldehydes is 1. The highest BCUT2D eigenvalue weighted by atomic mass is 16.2. The van der Waals surface area contributed by atoms with Crippen molar-refractivity contribution >= 4 is 35.8 Å². The van der Waals surface area contributed by atoms with Crippen LogP contribution in [-0.2, 0) is 35.2 Å². The monoisotopic (exact) mass is 476 g/mol. The molecule has 34 heavy (non-hydrogen) atoms. The summed E-state index contributed by atoms with van der Waals surface area (Å²) in [5.74, 6) is -2.94. The fraction of sp³-hybridized carbons (Fsp3) is 0.455. The number of hydrogen-bond donors (Lipinski definition) is 6. The first kappa shape index (κ1) is 28.2. The van der Waals surface area contributed by atoms with Gasteiger partial charge in [-0.25, -0.2) is 0 Å². The van der Waals surface area contributed by atoms with E-state index >= 15 is 0 Å². The van der Waals surface area contributed by atoms with E-state index in [9.17, 15) is 28.8 Å². The van der Waals surface area contributed by atoms with E-state index in [1.54, 1.807) is 30.3 Å². The minimum Gasteiger partial charge on any atom is -0.345 e. The van der Waals surface area contributed by atoms with Crippen LogP contribution < -0.4 is 32.3 Å². The molecule has 1 aromatic carbocycles. The molecule has 0 radical (unpaired) electrons. The highest BCUT2D eigenvalue weighted by molar-refractivity contribution is 5.94. The molecule has 0 fully saturated rings. The number of nitrogens with one attached hydrogen (secondary N) is 5. The first-order chi connectivity index (χ1) is 16.1. The molecule has 0 bridgehead atoms. The maximum absolute atomic E-state index is 12.8. The van der Waals surface area contributed by atoms with Gasteiger partial charge in [0.1, 0.15) is 24.4 Å². The molecule has 0 spiro atoms. The minimum atomic E-state index is -1.03. The lowest BCUT2D eigenvalue weighted by Crippen LogP contribution is -2.55. The summed E-state index contributed by atoms with van der Waals surface area (Å²) in [6.45, 7) is 3.64. The van der Waals surface area contributed by atoms with Crippen molar-refractivity contribution in [1.29, 1.82) is 0 Å². The maximum Gasteiger partial charge on any atom is 0.243 e. The fourth-order valence-electron chi connectivity index (χ4n) is 2.75. The van der Waals surface area contributed by atoms with Crippen molar-refractivity contribution < 1.29 is 28.8 Å². The summed E-state index contributed by atoms with van der Waals surface area (Å²) in [7, 11) is 0. The van der Waals surface area contributed by atoms with Gasteiger partial charge in [0.05, 0.1) is 19.1 Å². The number of benzene rings is 1. The Morgan fingerprint density at radius 2 is 1.38 bits per heavy atom. The number of carbonyl (C=O) groups is 6. The third-order valence-corrected chi connectivity index (χ3v) is 4.64. The van der Waals surface area contributed by atoms with Crippen LogP contribution in [0.2, 0.25) is 0 Å². The smallest absolute Gasteiger partial charge is 0.243 e. The van der Waals surface area contributed by atoms with Gasteiger partial charge in [-0.05, 0) is 26.3 Å². The van der Waals surface area contributed by atoms with Crippen molar-refractivity contribution in [3.63, 3.8) is 0 Å². The molecule has 0 heterocycles. The zero-order valence-corrected chi connectivity index (χ0v) is 19.4. The lowest BCUT2D eigenvalue weighted by Gasteiger charge is -2.21. The zero-order chi connectivity index (χ0) is 25.7. The Morgan fingerprint density at radius 1 is 0.824 bits per heavy atom. The number of nitrogens with two attached hydrogens (primary N) is 1. The van der Waals surface area contributed by atoms with Crippen LogP contribution >= 0.6 is 0 Å². The van der Waals surface area contributed by atoms with Crippen molar-refractivity contribution in [2.24, 2.45) is 5.73 Å².